The Labute approximate surface area is 168 Å². The first-order chi connectivity index (χ1) is 11.8. The molecule has 5 heteroatoms. The van der Waals surface area contributed by atoms with E-state index >= 15 is 0 Å². The molecule has 4 rings (SSSR count). The van der Waals surface area contributed by atoms with Crippen LogP contribution in [0.15, 0.2) is 29.3 Å². The number of rotatable bonds is 5. The molecule has 0 amide bonds. The fourth-order valence-electron chi connectivity index (χ4n) is 4.24. The van der Waals surface area contributed by atoms with Gasteiger partial charge in [-0.25, -0.2) is 0 Å². The number of fused-ring (bicyclic) bond motifs is 1. The smallest absolute Gasteiger partial charge is 0.191 e. The van der Waals surface area contributed by atoms with E-state index in [1.165, 1.54) is 37.7 Å². The van der Waals surface area contributed by atoms with Gasteiger partial charge in [-0.15, -0.1) is 24.0 Å². The largest absolute Gasteiger partial charge is 0.493 e. The molecule has 1 aliphatic heterocycles. The van der Waals surface area contributed by atoms with Crippen molar-refractivity contribution in [1.29, 1.82) is 0 Å². The van der Waals surface area contributed by atoms with Crippen molar-refractivity contribution in [1.82, 2.24) is 10.6 Å². The number of guanidine groups is 1. The standard InChI is InChI=1S/C20H29N3O.HI/c1-2-21-19(22-14-20(11-5-12-20)15-8-9-15)23-17-10-13-24-18-7-4-3-6-16(17)18;/h3-4,6-7,15,17H,2,5,8-14H2,1H3,(H2,21,22,23);1H. The zero-order chi connectivity index (χ0) is 16.4. The zero-order valence-electron chi connectivity index (χ0n) is 15.1. The van der Waals surface area contributed by atoms with Gasteiger partial charge in [-0.05, 0) is 50.0 Å². The van der Waals surface area contributed by atoms with Gasteiger partial charge in [0.25, 0.3) is 0 Å². The Hall–Kier alpha value is -0.980. The van der Waals surface area contributed by atoms with Gasteiger partial charge in [-0.3, -0.25) is 4.99 Å². The molecule has 0 bridgehead atoms. The molecule has 1 unspecified atom stereocenters. The number of hydrogen-bond donors (Lipinski definition) is 2. The maximum absolute atomic E-state index is 5.78. The number of benzene rings is 1. The zero-order valence-corrected chi connectivity index (χ0v) is 17.4. The number of nitrogens with one attached hydrogen (secondary N) is 2. The van der Waals surface area contributed by atoms with Crippen LogP contribution in [0.5, 0.6) is 5.75 Å². The van der Waals surface area contributed by atoms with Crippen molar-refractivity contribution in [2.24, 2.45) is 16.3 Å². The average Bonchev–Trinajstić information content (AvgIpc) is 3.40. The van der Waals surface area contributed by atoms with Crippen LogP contribution < -0.4 is 15.4 Å². The second-order valence-corrected chi connectivity index (χ2v) is 7.56. The minimum Gasteiger partial charge on any atom is -0.493 e. The summed E-state index contributed by atoms with van der Waals surface area (Å²) in [5.41, 5.74) is 1.77. The van der Waals surface area contributed by atoms with Gasteiger partial charge in [-0.1, -0.05) is 24.6 Å². The molecule has 4 nitrogen and oxygen atoms in total. The quantitative estimate of drug-likeness (QED) is 0.396. The molecule has 1 heterocycles. The van der Waals surface area contributed by atoms with Crippen molar-refractivity contribution >= 4 is 29.9 Å². The number of hydrogen-bond acceptors (Lipinski definition) is 2. The highest BCUT2D eigenvalue weighted by atomic mass is 127. The molecule has 1 aromatic rings. The summed E-state index contributed by atoms with van der Waals surface area (Å²) in [6.45, 7) is 4.78. The Kier molecular flexibility index (Phi) is 6.12. The van der Waals surface area contributed by atoms with E-state index in [2.05, 4.69) is 35.8 Å². The first kappa shape index (κ1) is 18.8. The topological polar surface area (TPSA) is 45.7 Å². The summed E-state index contributed by atoms with van der Waals surface area (Å²) < 4.78 is 5.78. The van der Waals surface area contributed by atoms with Crippen LogP contribution >= 0.6 is 24.0 Å². The lowest BCUT2D eigenvalue weighted by molar-refractivity contribution is 0.113. The molecular formula is C20H30IN3O. The molecule has 138 valence electrons. The highest BCUT2D eigenvalue weighted by molar-refractivity contribution is 14.0. The van der Waals surface area contributed by atoms with Crippen LogP contribution in [0.3, 0.4) is 0 Å². The second-order valence-electron chi connectivity index (χ2n) is 7.56. The Balaban J connectivity index is 0.00000182. The van der Waals surface area contributed by atoms with Gasteiger partial charge in [0.15, 0.2) is 5.96 Å². The predicted molar refractivity (Wildman–Crippen MR) is 113 cm³/mol. The van der Waals surface area contributed by atoms with Crippen molar-refractivity contribution < 1.29 is 4.74 Å². The summed E-state index contributed by atoms with van der Waals surface area (Å²) in [5.74, 6) is 2.92. The van der Waals surface area contributed by atoms with Gasteiger partial charge in [0, 0.05) is 25.1 Å². The summed E-state index contributed by atoms with van der Waals surface area (Å²) >= 11 is 0. The van der Waals surface area contributed by atoms with E-state index in [4.69, 9.17) is 9.73 Å². The van der Waals surface area contributed by atoms with E-state index in [1.807, 2.05) is 6.07 Å². The van der Waals surface area contributed by atoms with Crippen molar-refractivity contribution in [2.45, 2.75) is 51.5 Å². The average molecular weight is 455 g/mol. The van der Waals surface area contributed by atoms with Crippen molar-refractivity contribution in [3.63, 3.8) is 0 Å². The molecule has 1 aromatic carbocycles. The van der Waals surface area contributed by atoms with Crippen LogP contribution in [-0.4, -0.2) is 25.7 Å². The molecule has 2 fully saturated rings. The van der Waals surface area contributed by atoms with E-state index in [1.54, 1.807) is 0 Å². The molecule has 2 N–H and O–H groups in total. The Morgan fingerprint density at radius 1 is 1.24 bits per heavy atom. The summed E-state index contributed by atoms with van der Waals surface area (Å²) in [6.07, 6.45) is 7.97. The van der Waals surface area contributed by atoms with Gasteiger partial charge < -0.3 is 15.4 Å². The van der Waals surface area contributed by atoms with Gasteiger partial charge in [0.1, 0.15) is 5.75 Å². The Morgan fingerprint density at radius 3 is 2.72 bits per heavy atom. The van der Waals surface area contributed by atoms with Crippen LogP contribution in [0.4, 0.5) is 0 Å². The molecule has 1 atom stereocenters. The third-order valence-electron chi connectivity index (χ3n) is 5.96. The lowest BCUT2D eigenvalue weighted by atomic mass is 9.65. The van der Waals surface area contributed by atoms with Crippen LogP contribution in [0.25, 0.3) is 0 Å². The van der Waals surface area contributed by atoms with E-state index in [9.17, 15) is 0 Å². The van der Waals surface area contributed by atoms with Crippen LogP contribution in [0.1, 0.15) is 57.1 Å². The van der Waals surface area contributed by atoms with E-state index in [-0.39, 0.29) is 30.0 Å². The molecule has 2 saturated carbocycles. The third kappa shape index (κ3) is 4.07. The summed E-state index contributed by atoms with van der Waals surface area (Å²) in [6, 6.07) is 8.63. The van der Waals surface area contributed by atoms with Crippen molar-refractivity contribution in [2.75, 3.05) is 19.7 Å². The first-order valence-electron chi connectivity index (χ1n) is 9.57. The lowest BCUT2D eigenvalue weighted by Gasteiger charge is -2.41. The summed E-state index contributed by atoms with van der Waals surface area (Å²) in [4.78, 5) is 4.99. The normalized spacial score (nSPS) is 24.2. The highest BCUT2D eigenvalue weighted by Crippen LogP contribution is 2.57. The predicted octanol–water partition coefficient (Wildman–Crippen LogP) is 4.26. The maximum Gasteiger partial charge on any atom is 0.191 e. The number of para-hydroxylation sites is 1. The van der Waals surface area contributed by atoms with Crippen LogP contribution in [-0.2, 0) is 0 Å². The third-order valence-corrected chi connectivity index (χ3v) is 5.96. The number of aliphatic imine (C=N–C) groups is 1. The second kappa shape index (κ2) is 8.14. The van der Waals surface area contributed by atoms with Gasteiger partial charge in [0.05, 0.1) is 12.6 Å². The minimum absolute atomic E-state index is 0. The molecule has 2 aliphatic carbocycles. The molecule has 3 aliphatic rings. The minimum atomic E-state index is 0. The van der Waals surface area contributed by atoms with E-state index in [0.717, 1.165) is 43.7 Å². The molecular weight excluding hydrogens is 425 g/mol. The molecule has 0 radical (unpaired) electrons. The van der Waals surface area contributed by atoms with Gasteiger partial charge in [0.2, 0.25) is 0 Å². The van der Waals surface area contributed by atoms with Crippen molar-refractivity contribution in [3.8, 4) is 5.75 Å². The van der Waals surface area contributed by atoms with Crippen LogP contribution in [0, 0.1) is 11.3 Å². The van der Waals surface area contributed by atoms with E-state index < -0.39 is 0 Å². The first-order valence-corrected chi connectivity index (χ1v) is 9.57. The molecule has 25 heavy (non-hydrogen) atoms. The highest BCUT2D eigenvalue weighted by Gasteiger charge is 2.48. The summed E-state index contributed by atoms with van der Waals surface area (Å²) in [7, 11) is 0. The SMILES string of the molecule is CCNC(=NCC1(C2CC2)CCC1)NC1CCOc2ccccc21.I. The van der Waals surface area contributed by atoms with Gasteiger partial charge in [-0.2, -0.15) is 0 Å². The van der Waals surface area contributed by atoms with Crippen LogP contribution in [0.2, 0.25) is 0 Å². The fourth-order valence-corrected chi connectivity index (χ4v) is 4.24. The molecule has 0 spiro atoms. The van der Waals surface area contributed by atoms with Crippen molar-refractivity contribution in [3.05, 3.63) is 29.8 Å². The Bertz CT molecular complexity index is 611. The lowest BCUT2D eigenvalue weighted by Crippen LogP contribution is -2.43. The number of halogens is 1. The maximum atomic E-state index is 5.78. The fraction of sp³-hybridized carbons (Fsp3) is 0.650. The van der Waals surface area contributed by atoms with Gasteiger partial charge >= 0.3 is 0 Å². The molecule has 0 aromatic heterocycles. The summed E-state index contributed by atoms with van der Waals surface area (Å²) in [5, 5.41) is 7.09. The monoisotopic (exact) mass is 455 g/mol. The number of nitrogens with zero attached hydrogens (tertiary/aromatic N) is 1. The van der Waals surface area contributed by atoms with E-state index in [0.29, 0.717) is 5.41 Å². The Morgan fingerprint density at radius 2 is 2.04 bits per heavy atom. The molecule has 0 saturated heterocycles. The number of ether oxygens (including phenoxy) is 1.